The van der Waals surface area contributed by atoms with Crippen LogP contribution >= 0.6 is 12.4 Å². The van der Waals surface area contributed by atoms with Crippen LogP contribution in [0.15, 0.2) is 24.3 Å². The van der Waals surface area contributed by atoms with E-state index in [1.807, 2.05) is 6.07 Å². The van der Waals surface area contributed by atoms with Gasteiger partial charge in [0.15, 0.2) is 0 Å². The second-order valence-corrected chi connectivity index (χ2v) is 7.83. The fourth-order valence-electron chi connectivity index (χ4n) is 2.75. The molecular formula is C16H26ClN3O3S. The van der Waals surface area contributed by atoms with Gasteiger partial charge >= 0.3 is 0 Å². The van der Waals surface area contributed by atoms with Crippen molar-refractivity contribution in [1.82, 2.24) is 10.6 Å². The van der Waals surface area contributed by atoms with Crippen LogP contribution in [0.25, 0.3) is 0 Å². The van der Waals surface area contributed by atoms with Crippen LogP contribution in [0.5, 0.6) is 0 Å². The summed E-state index contributed by atoms with van der Waals surface area (Å²) in [6, 6.07) is 7.04. The number of sulfonamides is 1. The number of carbonyl (C=O) groups excluding carboxylic acids is 1. The van der Waals surface area contributed by atoms with Gasteiger partial charge in [0.05, 0.1) is 6.26 Å². The zero-order valence-corrected chi connectivity index (χ0v) is 15.5. The van der Waals surface area contributed by atoms with Gasteiger partial charge in [-0.25, -0.2) is 8.42 Å². The lowest BCUT2D eigenvalue weighted by Gasteiger charge is -2.22. The van der Waals surface area contributed by atoms with Crippen LogP contribution in [-0.2, 0) is 21.4 Å². The second kappa shape index (κ2) is 9.86. The maximum absolute atomic E-state index is 11.9. The highest BCUT2D eigenvalue weighted by atomic mass is 35.5. The molecule has 1 aromatic rings. The lowest BCUT2D eigenvalue weighted by molar-refractivity contribution is -0.121. The maximum atomic E-state index is 11.9. The van der Waals surface area contributed by atoms with Crippen molar-refractivity contribution in [3.05, 3.63) is 29.8 Å². The molecule has 1 saturated heterocycles. The van der Waals surface area contributed by atoms with Gasteiger partial charge in [-0.1, -0.05) is 12.1 Å². The Hall–Kier alpha value is -1.31. The van der Waals surface area contributed by atoms with Crippen LogP contribution in [0.3, 0.4) is 0 Å². The van der Waals surface area contributed by atoms with Crippen LogP contribution in [0.1, 0.15) is 31.2 Å². The van der Waals surface area contributed by atoms with Crippen molar-refractivity contribution in [2.75, 3.05) is 24.1 Å². The molecule has 0 saturated carbocycles. The molecule has 1 aliphatic rings. The average Bonchev–Trinajstić information content (AvgIpc) is 2.51. The predicted molar refractivity (Wildman–Crippen MR) is 98.8 cm³/mol. The molecule has 136 valence electrons. The first-order valence-electron chi connectivity index (χ1n) is 7.96. The third-order valence-corrected chi connectivity index (χ3v) is 4.56. The number of anilines is 1. The number of amides is 1. The van der Waals surface area contributed by atoms with E-state index >= 15 is 0 Å². The van der Waals surface area contributed by atoms with Gasteiger partial charge in [0.25, 0.3) is 0 Å². The third kappa shape index (κ3) is 7.99. The summed E-state index contributed by atoms with van der Waals surface area (Å²) in [5, 5.41) is 6.22. The summed E-state index contributed by atoms with van der Waals surface area (Å²) < 4.78 is 24.9. The van der Waals surface area contributed by atoms with Gasteiger partial charge in [0.1, 0.15) is 0 Å². The minimum absolute atomic E-state index is 0. The number of piperidine rings is 1. The summed E-state index contributed by atoms with van der Waals surface area (Å²) in [7, 11) is -3.29. The zero-order valence-electron chi connectivity index (χ0n) is 13.9. The molecule has 24 heavy (non-hydrogen) atoms. The largest absolute Gasteiger partial charge is 0.352 e. The van der Waals surface area contributed by atoms with Gasteiger partial charge < -0.3 is 10.6 Å². The molecular weight excluding hydrogens is 350 g/mol. The van der Waals surface area contributed by atoms with Crippen molar-refractivity contribution in [2.24, 2.45) is 5.92 Å². The van der Waals surface area contributed by atoms with E-state index in [0.29, 0.717) is 24.6 Å². The Bertz CT molecular complexity index is 631. The Morgan fingerprint density at radius 1 is 1.29 bits per heavy atom. The summed E-state index contributed by atoms with van der Waals surface area (Å²) in [6.07, 6.45) is 4.89. The minimum atomic E-state index is -3.29. The second-order valence-electron chi connectivity index (χ2n) is 6.08. The van der Waals surface area contributed by atoms with Crippen molar-refractivity contribution in [3.63, 3.8) is 0 Å². The van der Waals surface area contributed by atoms with Crippen LogP contribution < -0.4 is 15.4 Å². The van der Waals surface area contributed by atoms with Crippen molar-refractivity contribution in [2.45, 2.75) is 32.2 Å². The molecule has 1 fully saturated rings. The number of nitrogens with one attached hydrogen (secondary N) is 3. The van der Waals surface area contributed by atoms with Gasteiger partial charge in [-0.15, -0.1) is 12.4 Å². The molecule has 0 aromatic heterocycles. The van der Waals surface area contributed by atoms with Crippen LogP contribution in [0.2, 0.25) is 0 Å². The lowest BCUT2D eigenvalue weighted by Crippen LogP contribution is -2.29. The molecule has 1 heterocycles. The average molecular weight is 376 g/mol. The number of hydrogen-bond donors (Lipinski definition) is 3. The number of rotatable bonds is 7. The summed E-state index contributed by atoms with van der Waals surface area (Å²) >= 11 is 0. The van der Waals surface area contributed by atoms with Gasteiger partial charge in [-0.2, -0.15) is 0 Å². The fraction of sp³-hybridized carbons (Fsp3) is 0.562. The van der Waals surface area contributed by atoms with Crippen molar-refractivity contribution >= 4 is 34.0 Å². The molecule has 0 unspecified atom stereocenters. The molecule has 0 bridgehead atoms. The molecule has 6 nitrogen and oxygen atoms in total. The molecule has 0 atom stereocenters. The Kier molecular flexibility index (Phi) is 8.52. The Labute approximate surface area is 150 Å². The first-order valence-corrected chi connectivity index (χ1v) is 9.86. The van der Waals surface area contributed by atoms with E-state index in [-0.39, 0.29) is 18.3 Å². The van der Waals surface area contributed by atoms with E-state index in [2.05, 4.69) is 15.4 Å². The summed E-state index contributed by atoms with van der Waals surface area (Å²) in [6.45, 7) is 2.50. The number of hydrogen-bond acceptors (Lipinski definition) is 4. The van der Waals surface area contributed by atoms with Gasteiger partial charge in [0, 0.05) is 18.7 Å². The maximum Gasteiger partial charge on any atom is 0.229 e. The van der Waals surface area contributed by atoms with E-state index in [1.165, 1.54) is 0 Å². The van der Waals surface area contributed by atoms with E-state index in [4.69, 9.17) is 0 Å². The van der Waals surface area contributed by atoms with Gasteiger partial charge in [0.2, 0.25) is 15.9 Å². The number of halogens is 1. The first-order chi connectivity index (χ1) is 10.9. The van der Waals surface area contributed by atoms with E-state index < -0.39 is 10.0 Å². The van der Waals surface area contributed by atoms with Crippen LogP contribution in [-0.4, -0.2) is 33.7 Å². The van der Waals surface area contributed by atoms with E-state index in [9.17, 15) is 13.2 Å². The summed E-state index contributed by atoms with van der Waals surface area (Å²) in [4.78, 5) is 11.9. The molecule has 3 N–H and O–H groups in total. The van der Waals surface area contributed by atoms with E-state index in [1.54, 1.807) is 18.2 Å². The molecule has 0 aliphatic carbocycles. The quantitative estimate of drug-likeness (QED) is 0.679. The van der Waals surface area contributed by atoms with Crippen LogP contribution in [0.4, 0.5) is 5.69 Å². The molecule has 1 aliphatic heterocycles. The Morgan fingerprint density at radius 2 is 2.00 bits per heavy atom. The molecule has 2 rings (SSSR count). The van der Waals surface area contributed by atoms with E-state index in [0.717, 1.165) is 44.2 Å². The van der Waals surface area contributed by atoms with Crippen molar-refractivity contribution in [1.29, 1.82) is 0 Å². The van der Waals surface area contributed by atoms with Gasteiger partial charge in [-0.3, -0.25) is 9.52 Å². The third-order valence-electron chi connectivity index (χ3n) is 3.96. The highest BCUT2D eigenvalue weighted by molar-refractivity contribution is 7.92. The van der Waals surface area contributed by atoms with Crippen molar-refractivity contribution < 1.29 is 13.2 Å². The molecule has 0 radical (unpaired) electrons. The monoisotopic (exact) mass is 375 g/mol. The zero-order chi connectivity index (χ0) is 16.7. The normalized spacial score (nSPS) is 15.4. The summed E-state index contributed by atoms with van der Waals surface area (Å²) in [5.74, 6) is 0.689. The highest BCUT2D eigenvalue weighted by Crippen LogP contribution is 2.17. The Balaban J connectivity index is 0.00000288. The smallest absolute Gasteiger partial charge is 0.229 e. The molecule has 1 aromatic carbocycles. The first kappa shape index (κ1) is 20.7. The predicted octanol–water partition coefficient (Wildman–Crippen LogP) is 1.88. The van der Waals surface area contributed by atoms with Crippen molar-refractivity contribution in [3.8, 4) is 0 Å². The SMILES string of the molecule is CS(=O)(=O)Nc1cccc(CNC(=O)CCC2CCNCC2)c1.Cl. The molecule has 1 amide bonds. The Morgan fingerprint density at radius 3 is 2.67 bits per heavy atom. The summed E-state index contributed by atoms with van der Waals surface area (Å²) in [5.41, 5.74) is 1.38. The molecule has 0 spiro atoms. The number of carbonyl (C=O) groups is 1. The number of benzene rings is 1. The molecule has 8 heteroatoms. The highest BCUT2D eigenvalue weighted by Gasteiger charge is 2.14. The van der Waals surface area contributed by atoms with Gasteiger partial charge in [-0.05, 0) is 56.0 Å². The minimum Gasteiger partial charge on any atom is -0.352 e. The standard InChI is InChI=1S/C16H25N3O3S.ClH/c1-23(21,22)19-15-4-2-3-14(11-15)12-18-16(20)6-5-13-7-9-17-10-8-13;/h2-4,11,13,17,19H,5-10,12H2,1H3,(H,18,20);1H. The van der Waals surface area contributed by atoms with Crippen LogP contribution in [0, 0.1) is 5.92 Å². The lowest BCUT2D eigenvalue weighted by atomic mass is 9.93. The topological polar surface area (TPSA) is 87.3 Å². The fourth-order valence-corrected chi connectivity index (χ4v) is 3.31.